The average Bonchev–Trinajstić information content (AvgIpc) is 3.63. The van der Waals surface area contributed by atoms with Crippen LogP contribution in [0.1, 0.15) is 53.4 Å². The molecular formula is C28H27NO4. The highest BCUT2D eigenvalue weighted by Gasteiger charge is 2.30. The van der Waals surface area contributed by atoms with Crippen LogP contribution < -0.4 is 5.32 Å². The number of fused-ring (bicyclic) bond motifs is 3. The molecule has 3 aromatic carbocycles. The van der Waals surface area contributed by atoms with Crippen LogP contribution in [-0.4, -0.2) is 29.8 Å². The molecule has 5 heteroatoms. The van der Waals surface area contributed by atoms with Gasteiger partial charge in [-0.25, -0.2) is 9.59 Å². The summed E-state index contributed by atoms with van der Waals surface area (Å²) < 4.78 is 5.51. The summed E-state index contributed by atoms with van der Waals surface area (Å²) in [7, 11) is 0. The number of alkyl carbamates (subject to hydrolysis) is 1. The van der Waals surface area contributed by atoms with Gasteiger partial charge in [0.25, 0.3) is 0 Å². The lowest BCUT2D eigenvalue weighted by Gasteiger charge is -2.17. The Morgan fingerprint density at radius 2 is 1.52 bits per heavy atom. The zero-order chi connectivity index (χ0) is 22.8. The van der Waals surface area contributed by atoms with E-state index in [0.717, 1.165) is 27.8 Å². The molecule has 0 saturated heterocycles. The molecule has 0 radical (unpaired) electrons. The summed E-state index contributed by atoms with van der Waals surface area (Å²) in [6, 6.07) is 23.6. The molecule has 5 nitrogen and oxygen atoms in total. The Balaban J connectivity index is 1.18. The summed E-state index contributed by atoms with van der Waals surface area (Å²) in [5, 5.41) is 12.1. The number of benzene rings is 3. The maximum absolute atomic E-state index is 12.5. The third-order valence-corrected chi connectivity index (χ3v) is 6.68. The van der Waals surface area contributed by atoms with Gasteiger partial charge in [0.15, 0.2) is 0 Å². The van der Waals surface area contributed by atoms with E-state index >= 15 is 0 Å². The molecule has 1 amide bonds. The first kappa shape index (κ1) is 21.3. The molecule has 2 N–H and O–H groups in total. The molecule has 2 aliphatic rings. The van der Waals surface area contributed by atoms with Crippen molar-refractivity contribution in [1.29, 1.82) is 0 Å². The molecule has 1 saturated carbocycles. The average molecular weight is 442 g/mol. The maximum atomic E-state index is 12.5. The highest BCUT2D eigenvalue weighted by atomic mass is 16.5. The molecular weight excluding hydrogens is 414 g/mol. The van der Waals surface area contributed by atoms with Crippen LogP contribution in [0.4, 0.5) is 4.79 Å². The number of aliphatic carboxylic acids is 1. The van der Waals surface area contributed by atoms with Crippen molar-refractivity contribution in [3.63, 3.8) is 0 Å². The number of amides is 1. The largest absolute Gasteiger partial charge is 0.480 e. The molecule has 33 heavy (non-hydrogen) atoms. The SMILES string of the molecule is O=C(N[C@@H](CCc1ccc(C2CC2)cc1)C(=O)O)OCC1c2ccccc2-c2ccccc21. The van der Waals surface area contributed by atoms with Crippen LogP contribution in [0.5, 0.6) is 0 Å². The fraction of sp³-hybridized carbons (Fsp3) is 0.286. The zero-order valence-corrected chi connectivity index (χ0v) is 18.4. The zero-order valence-electron chi connectivity index (χ0n) is 18.4. The number of carboxylic acid groups (broad SMARTS) is 1. The summed E-state index contributed by atoms with van der Waals surface area (Å²) in [6.45, 7) is 0.162. The monoisotopic (exact) mass is 441 g/mol. The standard InChI is InChI=1S/C28H27NO4/c30-27(31)26(16-11-18-9-12-19(13-10-18)20-14-15-20)29-28(32)33-17-25-23-7-3-1-5-21(23)22-6-2-4-8-24(22)25/h1-10,12-13,20,25-26H,11,14-17H2,(H,29,32)(H,30,31)/t26-/m0/s1. The van der Waals surface area contributed by atoms with Gasteiger partial charge in [0.2, 0.25) is 0 Å². The van der Waals surface area contributed by atoms with Crippen LogP contribution in [0.3, 0.4) is 0 Å². The fourth-order valence-electron chi connectivity index (χ4n) is 4.72. The quantitative estimate of drug-likeness (QED) is 0.485. The Kier molecular flexibility index (Phi) is 5.86. The minimum Gasteiger partial charge on any atom is -0.480 e. The molecule has 0 unspecified atom stereocenters. The third-order valence-electron chi connectivity index (χ3n) is 6.68. The van der Waals surface area contributed by atoms with Gasteiger partial charge in [-0.2, -0.15) is 0 Å². The molecule has 1 atom stereocenters. The van der Waals surface area contributed by atoms with Gasteiger partial charge >= 0.3 is 12.1 Å². The van der Waals surface area contributed by atoms with E-state index in [0.29, 0.717) is 18.8 Å². The smallest absolute Gasteiger partial charge is 0.407 e. The van der Waals surface area contributed by atoms with E-state index in [4.69, 9.17) is 4.74 Å². The molecule has 168 valence electrons. The minimum absolute atomic E-state index is 0.0589. The van der Waals surface area contributed by atoms with Crippen molar-refractivity contribution in [2.24, 2.45) is 0 Å². The van der Waals surface area contributed by atoms with E-state index in [9.17, 15) is 14.7 Å². The van der Waals surface area contributed by atoms with E-state index in [-0.39, 0.29) is 12.5 Å². The van der Waals surface area contributed by atoms with Crippen molar-refractivity contribution in [2.75, 3.05) is 6.61 Å². The van der Waals surface area contributed by atoms with Crippen LogP contribution in [0.25, 0.3) is 11.1 Å². The molecule has 0 spiro atoms. The predicted molar refractivity (Wildman–Crippen MR) is 126 cm³/mol. The van der Waals surface area contributed by atoms with Crippen molar-refractivity contribution in [2.45, 2.75) is 43.6 Å². The molecule has 3 aromatic rings. The predicted octanol–water partition coefficient (Wildman–Crippen LogP) is 5.49. The number of hydrogen-bond donors (Lipinski definition) is 2. The van der Waals surface area contributed by atoms with E-state index in [1.54, 1.807) is 0 Å². The van der Waals surface area contributed by atoms with Crippen molar-refractivity contribution in [3.05, 3.63) is 95.1 Å². The summed E-state index contributed by atoms with van der Waals surface area (Å²) in [5.74, 6) is -0.421. The summed E-state index contributed by atoms with van der Waals surface area (Å²) in [5.41, 5.74) is 6.97. The molecule has 0 bridgehead atoms. The second kappa shape index (κ2) is 9.10. The van der Waals surface area contributed by atoms with Gasteiger partial charge in [0, 0.05) is 5.92 Å². The van der Waals surface area contributed by atoms with Gasteiger partial charge in [0.05, 0.1) is 0 Å². The Morgan fingerprint density at radius 3 is 2.09 bits per heavy atom. The highest BCUT2D eigenvalue weighted by molar-refractivity contribution is 5.81. The van der Waals surface area contributed by atoms with Crippen molar-refractivity contribution < 1.29 is 19.4 Å². The number of nitrogens with one attached hydrogen (secondary N) is 1. The van der Waals surface area contributed by atoms with Gasteiger partial charge in [-0.3, -0.25) is 0 Å². The van der Waals surface area contributed by atoms with E-state index < -0.39 is 18.1 Å². The van der Waals surface area contributed by atoms with Gasteiger partial charge in [-0.1, -0.05) is 72.8 Å². The number of carbonyl (C=O) groups excluding carboxylic acids is 1. The van der Waals surface area contributed by atoms with E-state index in [1.807, 2.05) is 24.3 Å². The van der Waals surface area contributed by atoms with Crippen molar-refractivity contribution in [3.8, 4) is 11.1 Å². The molecule has 0 aliphatic heterocycles. The molecule has 0 heterocycles. The van der Waals surface area contributed by atoms with Crippen LogP contribution in [-0.2, 0) is 16.0 Å². The lowest BCUT2D eigenvalue weighted by Crippen LogP contribution is -2.41. The van der Waals surface area contributed by atoms with Crippen LogP contribution in [0.2, 0.25) is 0 Å². The number of carboxylic acids is 1. The molecule has 2 aliphatic carbocycles. The van der Waals surface area contributed by atoms with E-state index in [2.05, 4.69) is 53.8 Å². The second-order valence-corrected chi connectivity index (χ2v) is 8.92. The van der Waals surface area contributed by atoms with Crippen LogP contribution >= 0.6 is 0 Å². The normalized spacial score (nSPS) is 15.4. The van der Waals surface area contributed by atoms with Gasteiger partial charge in [0.1, 0.15) is 12.6 Å². The van der Waals surface area contributed by atoms with Gasteiger partial charge < -0.3 is 15.2 Å². The van der Waals surface area contributed by atoms with Crippen LogP contribution in [0, 0.1) is 0 Å². The Hall–Kier alpha value is -3.60. The lowest BCUT2D eigenvalue weighted by molar-refractivity contribution is -0.139. The van der Waals surface area contributed by atoms with E-state index in [1.165, 1.54) is 18.4 Å². The number of hydrogen-bond acceptors (Lipinski definition) is 3. The first-order valence-corrected chi connectivity index (χ1v) is 11.5. The Labute approximate surface area is 193 Å². The van der Waals surface area contributed by atoms with Crippen LogP contribution in [0.15, 0.2) is 72.8 Å². The second-order valence-electron chi connectivity index (χ2n) is 8.92. The Morgan fingerprint density at radius 1 is 0.909 bits per heavy atom. The van der Waals surface area contributed by atoms with Crippen molar-refractivity contribution >= 4 is 12.1 Å². The van der Waals surface area contributed by atoms with Gasteiger partial charge in [-0.05, 0) is 65.0 Å². The molecule has 1 fully saturated rings. The Bertz CT molecular complexity index is 1120. The molecule has 5 rings (SSSR count). The first-order chi connectivity index (χ1) is 16.1. The van der Waals surface area contributed by atoms with Crippen molar-refractivity contribution in [1.82, 2.24) is 5.32 Å². The number of rotatable bonds is 8. The fourth-order valence-corrected chi connectivity index (χ4v) is 4.72. The number of aryl methyl sites for hydroxylation is 1. The number of ether oxygens (including phenoxy) is 1. The first-order valence-electron chi connectivity index (χ1n) is 11.5. The topological polar surface area (TPSA) is 75.6 Å². The lowest BCUT2D eigenvalue weighted by atomic mass is 9.98. The van der Waals surface area contributed by atoms with Gasteiger partial charge in [-0.15, -0.1) is 0 Å². The highest BCUT2D eigenvalue weighted by Crippen LogP contribution is 2.44. The summed E-state index contributed by atoms with van der Waals surface area (Å²) >= 11 is 0. The number of carbonyl (C=O) groups is 2. The third kappa shape index (κ3) is 4.63. The summed E-state index contributed by atoms with van der Waals surface area (Å²) in [6.07, 6.45) is 2.69. The molecule has 0 aromatic heterocycles. The minimum atomic E-state index is -1.06. The summed E-state index contributed by atoms with van der Waals surface area (Å²) in [4.78, 5) is 24.2. The maximum Gasteiger partial charge on any atom is 0.407 e.